The Bertz CT molecular complexity index is 427. The molecule has 1 aromatic heterocycles. The molecule has 0 bridgehead atoms. The second kappa shape index (κ2) is 7.36. The fourth-order valence-electron chi connectivity index (χ4n) is 2.49. The minimum absolute atomic E-state index is 0.348. The standard InChI is InChI=1S/C15H23N3O2/c1-12(18-7-3-4-8-18)9-16-11-14-6-5-13(10-17-14)15(19)20-2/h5-6,10,12,16H,3-4,7-9,11H2,1-2H3. The molecule has 0 spiro atoms. The van der Waals surface area contributed by atoms with Crippen molar-refractivity contribution in [1.82, 2.24) is 15.2 Å². The molecule has 0 aromatic carbocycles. The third-order valence-electron chi connectivity index (χ3n) is 3.76. The van der Waals surface area contributed by atoms with Crippen molar-refractivity contribution in [2.24, 2.45) is 0 Å². The maximum atomic E-state index is 11.3. The molecule has 5 nitrogen and oxygen atoms in total. The van der Waals surface area contributed by atoms with Crippen LogP contribution in [0.25, 0.3) is 0 Å². The summed E-state index contributed by atoms with van der Waals surface area (Å²) in [6.45, 7) is 6.37. The molecule has 110 valence electrons. The van der Waals surface area contributed by atoms with Crippen molar-refractivity contribution in [1.29, 1.82) is 0 Å². The van der Waals surface area contributed by atoms with Gasteiger partial charge in [0, 0.05) is 25.3 Å². The van der Waals surface area contributed by atoms with Crippen LogP contribution in [0.15, 0.2) is 18.3 Å². The zero-order valence-corrected chi connectivity index (χ0v) is 12.3. The number of nitrogens with one attached hydrogen (secondary N) is 1. The summed E-state index contributed by atoms with van der Waals surface area (Å²) in [6, 6.07) is 4.17. The lowest BCUT2D eigenvalue weighted by Gasteiger charge is -2.23. The number of pyridine rings is 1. The van der Waals surface area contributed by atoms with E-state index in [0.717, 1.165) is 18.8 Å². The van der Waals surface area contributed by atoms with Crippen molar-refractivity contribution >= 4 is 5.97 Å². The molecule has 1 aromatic rings. The third-order valence-corrected chi connectivity index (χ3v) is 3.76. The van der Waals surface area contributed by atoms with Gasteiger partial charge in [0.05, 0.1) is 18.4 Å². The van der Waals surface area contributed by atoms with Crippen LogP contribution in [-0.2, 0) is 11.3 Å². The van der Waals surface area contributed by atoms with Crippen LogP contribution in [0, 0.1) is 0 Å². The number of hydrogen-bond donors (Lipinski definition) is 1. The fourth-order valence-corrected chi connectivity index (χ4v) is 2.49. The molecule has 20 heavy (non-hydrogen) atoms. The van der Waals surface area contributed by atoms with Crippen LogP contribution in [-0.4, -0.2) is 48.6 Å². The number of aromatic nitrogens is 1. The summed E-state index contributed by atoms with van der Waals surface area (Å²) < 4.78 is 4.65. The summed E-state index contributed by atoms with van der Waals surface area (Å²) in [5, 5.41) is 3.42. The predicted molar refractivity (Wildman–Crippen MR) is 77.6 cm³/mol. The number of nitrogens with zero attached hydrogens (tertiary/aromatic N) is 2. The lowest BCUT2D eigenvalue weighted by atomic mass is 10.2. The van der Waals surface area contributed by atoms with Gasteiger partial charge in [-0.05, 0) is 45.0 Å². The number of hydrogen-bond acceptors (Lipinski definition) is 5. The molecule has 0 radical (unpaired) electrons. The van der Waals surface area contributed by atoms with E-state index in [2.05, 4.69) is 26.9 Å². The van der Waals surface area contributed by atoms with Gasteiger partial charge in [-0.15, -0.1) is 0 Å². The SMILES string of the molecule is COC(=O)c1ccc(CNCC(C)N2CCCC2)nc1. The van der Waals surface area contributed by atoms with Gasteiger partial charge in [-0.1, -0.05) is 0 Å². The first-order valence-electron chi connectivity index (χ1n) is 7.18. The van der Waals surface area contributed by atoms with Gasteiger partial charge in [0.1, 0.15) is 0 Å². The average molecular weight is 277 g/mol. The number of likely N-dealkylation sites (tertiary alicyclic amines) is 1. The van der Waals surface area contributed by atoms with E-state index in [4.69, 9.17) is 0 Å². The topological polar surface area (TPSA) is 54.5 Å². The van der Waals surface area contributed by atoms with E-state index in [1.807, 2.05) is 6.07 Å². The van der Waals surface area contributed by atoms with E-state index >= 15 is 0 Å². The Labute approximate surface area is 120 Å². The third kappa shape index (κ3) is 4.02. The lowest BCUT2D eigenvalue weighted by molar-refractivity contribution is 0.0600. The lowest BCUT2D eigenvalue weighted by Crippen LogP contribution is -2.38. The zero-order chi connectivity index (χ0) is 14.4. The molecule has 1 unspecified atom stereocenters. The minimum atomic E-state index is -0.348. The van der Waals surface area contributed by atoms with Gasteiger partial charge in [0.2, 0.25) is 0 Å². The Balaban J connectivity index is 1.75. The molecular weight excluding hydrogens is 254 g/mol. The number of methoxy groups -OCH3 is 1. The molecule has 0 saturated carbocycles. The maximum Gasteiger partial charge on any atom is 0.339 e. The number of esters is 1. The first-order valence-corrected chi connectivity index (χ1v) is 7.18. The van der Waals surface area contributed by atoms with E-state index in [9.17, 15) is 4.79 Å². The Morgan fingerprint density at radius 1 is 1.45 bits per heavy atom. The summed E-state index contributed by atoms with van der Waals surface area (Å²) in [5.74, 6) is -0.348. The van der Waals surface area contributed by atoms with Crippen molar-refractivity contribution in [3.05, 3.63) is 29.6 Å². The van der Waals surface area contributed by atoms with Gasteiger partial charge in [-0.2, -0.15) is 0 Å². The van der Waals surface area contributed by atoms with Crippen LogP contribution in [0.3, 0.4) is 0 Å². The van der Waals surface area contributed by atoms with Gasteiger partial charge >= 0.3 is 5.97 Å². The summed E-state index contributed by atoms with van der Waals surface area (Å²) in [6.07, 6.45) is 4.20. The van der Waals surface area contributed by atoms with Gasteiger partial charge in [-0.25, -0.2) is 4.79 Å². The highest BCUT2D eigenvalue weighted by Gasteiger charge is 2.17. The van der Waals surface area contributed by atoms with Crippen molar-refractivity contribution in [2.75, 3.05) is 26.7 Å². The molecule has 0 aliphatic carbocycles. The van der Waals surface area contributed by atoms with Crippen molar-refractivity contribution in [2.45, 2.75) is 32.4 Å². The summed E-state index contributed by atoms with van der Waals surface area (Å²) in [4.78, 5) is 18.1. The highest BCUT2D eigenvalue weighted by atomic mass is 16.5. The molecule has 1 N–H and O–H groups in total. The fraction of sp³-hybridized carbons (Fsp3) is 0.600. The average Bonchev–Trinajstić information content (AvgIpc) is 3.01. The number of carbonyl (C=O) groups is 1. The summed E-state index contributed by atoms with van der Waals surface area (Å²) in [5.41, 5.74) is 1.42. The molecule has 0 amide bonds. The Kier molecular flexibility index (Phi) is 5.49. The molecule has 1 fully saturated rings. The van der Waals surface area contributed by atoms with Crippen LogP contribution >= 0.6 is 0 Å². The second-order valence-electron chi connectivity index (χ2n) is 5.25. The van der Waals surface area contributed by atoms with E-state index in [-0.39, 0.29) is 5.97 Å². The van der Waals surface area contributed by atoms with E-state index in [1.165, 1.54) is 33.0 Å². The Morgan fingerprint density at radius 3 is 2.80 bits per heavy atom. The van der Waals surface area contributed by atoms with Gasteiger partial charge in [-0.3, -0.25) is 9.88 Å². The molecule has 1 aliphatic rings. The summed E-state index contributed by atoms with van der Waals surface area (Å²) >= 11 is 0. The molecule has 2 heterocycles. The van der Waals surface area contributed by atoms with E-state index in [0.29, 0.717) is 11.6 Å². The van der Waals surface area contributed by atoms with Gasteiger partial charge in [0.15, 0.2) is 0 Å². The molecule has 1 saturated heterocycles. The predicted octanol–water partition coefficient (Wildman–Crippen LogP) is 1.44. The minimum Gasteiger partial charge on any atom is -0.465 e. The molecular formula is C15H23N3O2. The number of rotatable bonds is 6. The first kappa shape index (κ1) is 14.9. The van der Waals surface area contributed by atoms with Crippen LogP contribution in [0.1, 0.15) is 35.8 Å². The highest BCUT2D eigenvalue weighted by molar-refractivity contribution is 5.88. The van der Waals surface area contributed by atoms with Crippen LogP contribution in [0.5, 0.6) is 0 Å². The van der Waals surface area contributed by atoms with Crippen molar-refractivity contribution < 1.29 is 9.53 Å². The molecule has 5 heteroatoms. The zero-order valence-electron chi connectivity index (χ0n) is 12.3. The first-order chi connectivity index (χ1) is 9.70. The van der Waals surface area contributed by atoms with E-state index in [1.54, 1.807) is 12.3 Å². The van der Waals surface area contributed by atoms with Crippen LogP contribution in [0.2, 0.25) is 0 Å². The second-order valence-corrected chi connectivity index (χ2v) is 5.25. The number of ether oxygens (including phenoxy) is 1. The van der Waals surface area contributed by atoms with Gasteiger partial charge < -0.3 is 10.1 Å². The number of carbonyl (C=O) groups excluding carboxylic acids is 1. The van der Waals surface area contributed by atoms with Crippen LogP contribution in [0.4, 0.5) is 0 Å². The van der Waals surface area contributed by atoms with Gasteiger partial charge in [0.25, 0.3) is 0 Å². The maximum absolute atomic E-state index is 11.3. The smallest absolute Gasteiger partial charge is 0.339 e. The summed E-state index contributed by atoms with van der Waals surface area (Å²) in [7, 11) is 1.37. The quantitative estimate of drug-likeness (QED) is 0.797. The van der Waals surface area contributed by atoms with Crippen molar-refractivity contribution in [3.63, 3.8) is 0 Å². The molecule has 2 rings (SSSR count). The normalized spacial score (nSPS) is 17.1. The Hall–Kier alpha value is -1.46. The van der Waals surface area contributed by atoms with Crippen molar-refractivity contribution in [3.8, 4) is 0 Å². The van der Waals surface area contributed by atoms with Crippen LogP contribution < -0.4 is 5.32 Å². The monoisotopic (exact) mass is 277 g/mol. The molecule has 1 atom stereocenters. The highest BCUT2D eigenvalue weighted by Crippen LogP contribution is 2.10. The largest absolute Gasteiger partial charge is 0.465 e. The molecule has 1 aliphatic heterocycles. The Morgan fingerprint density at radius 2 is 2.20 bits per heavy atom. The van der Waals surface area contributed by atoms with E-state index < -0.39 is 0 Å².